The van der Waals surface area contributed by atoms with Crippen molar-refractivity contribution < 1.29 is 19.0 Å². The molecular formula is C27H30N4O4S. The summed E-state index contributed by atoms with van der Waals surface area (Å²) in [6, 6.07) is 13.3. The molecule has 188 valence electrons. The van der Waals surface area contributed by atoms with Crippen LogP contribution in [-0.2, 0) is 4.79 Å². The van der Waals surface area contributed by atoms with Crippen LogP contribution in [0.15, 0.2) is 58.1 Å². The molecular weight excluding hydrogens is 476 g/mol. The van der Waals surface area contributed by atoms with Gasteiger partial charge in [-0.2, -0.15) is 15.1 Å². The average Bonchev–Trinajstić information content (AvgIpc) is 3.28. The highest BCUT2D eigenvalue weighted by atomic mass is 32.2. The molecule has 0 atom stereocenters. The molecule has 2 heterocycles. The van der Waals surface area contributed by atoms with E-state index in [1.54, 1.807) is 18.2 Å². The van der Waals surface area contributed by atoms with Crippen molar-refractivity contribution in [3.63, 3.8) is 0 Å². The molecule has 0 saturated heterocycles. The Morgan fingerprint density at radius 2 is 1.81 bits per heavy atom. The monoisotopic (exact) mass is 506 g/mol. The number of unbranched alkanes of at least 4 members (excludes halogenated alkanes) is 1. The van der Waals surface area contributed by atoms with Crippen LogP contribution < -0.4 is 14.2 Å². The number of fused-ring (bicyclic) bond motifs is 1. The van der Waals surface area contributed by atoms with Crippen LogP contribution in [0.5, 0.6) is 17.2 Å². The minimum atomic E-state index is -0.447. The second-order valence-electron chi connectivity index (χ2n) is 8.27. The lowest BCUT2D eigenvalue weighted by molar-refractivity contribution is -0.114. The summed E-state index contributed by atoms with van der Waals surface area (Å²) in [5.41, 5.74) is 2.06. The van der Waals surface area contributed by atoms with Gasteiger partial charge in [-0.25, -0.2) is 0 Å². The van der Waals surface area contributed by atoms with Gasteiger partial charge in [-0.3, -0.25) is 10.2 Å². The molecule has 2 aliphatic heterocycles. The number of amides is 1. The predicted molar refractivity (Wildman–Crippen MR) is 144 cm³/mol. The van der Waals surface area contributed by atoms with Crippen LogP contribution >= 0.6 is 11.8 Å². The third-order valence-electron chi connectivity index (χ3n) is 5.45. The van der Waals surface area contributed by atoms with Gasteiger partial charge in [0.05, 0.1) is 12.2 Å². The van der Waals surface area contributed by atoms with Crippen molar-refractivity contribution >= 4 is 39.8 Å². The normalized spacial score (nSPS) is 16.1. The number of nitrogens with zero attached hydrogens (tertiary/aromatic N) is 3. The van der Waals surface area contributed by atoms with E-state index >= 15 is 0 Å². The first-order chi connectivity index (χ1) is 17.5. The van der Waals surface area contributed by atoms with Gasteiger partial charge >= 0.3 is 0 Å². The molecule has 0 saturated carbocycles. The predicted octanol–water partition coefficient (Wildman–Crippen LogP) is 5.66. The summed E-state index contributed by atoms with van der Waals surface area (Å²) < 4.78 is 17.4. The smallest absolute Gasteiger partial charge is 0.283 e. The van der Waals surface area contributed by atoms with Crippen LogP contribution in [-0.4, -0.2) is 46.8 Å². The molecule has 0 unspecified atom stereocenters. The second-order valence-corrected chi connectivity index (χ2v) is 9.31. The molecule has 2 aliphatic rings. The Labute approximate surface area is 215 Å². The van der Waals surface area contributed by atoms with Gasteiger partial charge in [0.15, 0.2) is 17.3 Å². The van der Waals surface area contributed by atoms with Gasteiger partial charge in [0.2, 0.25) is 5.17 Å². The summed E-state index contributed by atoms with van der Waals surface area (Å²) in [7, 11) is 0. The van der Waals surface area contributed by atoms with Crippen molar-refractivity contribution in [2.45, 2.75) is 40.0 Å². The zero-order valence-corrected chi connectivity index (χ0v) is 21.6. The van der Waals surface area contributed by atoms with Crippen LogP contribution in [0.1, 0.15) is 44.2 Å². The number of nitrogens with one attached hydrogen (secondary N) is 1. The summed E-state index contributed by atoms with van der Waals surface area (Å²) in [6.07, 6.45) is 4.51. The van der Waals surface area contributed by atoms with Gasteiger partial charge in [0, 0.05) is 0 Å². The first-order valence-electron chi connectivity index (χ1n) is 12.1. The number of carbonyl (C=O) groups excluding carboxylic acids is 1. The number of ether oxygens (including phenoxy) is 3. The van der Waals surface area contributed by atoms with Crippen LogP contribution in [0.3, 0.4) is 0 Å². The lowest BCUT2D eigenvalue weighted by Gasteiger charge is -2.20. The molecule has 9 heteroatoms. The SMILES string of the molecule is CCCCC1=NN2C(=N)/C(=C/c3ccc(OCCOc4ccc(C)cc4)c(OCC)c3)C(=O)N=C2S1. The first kappa shape index (κ1) is 25.5. The van der Waals surface area contributed by atoms with Gasteiger partial charge in [-0.15, -0.1) is 0 Å². The fraction of sp³-hybridized carbons (Fsp3) is 0.333. The summed E-state index contributed by atoms with van der Waals surface area (Å²) in [4.78, 5) is 16.9. The number of aliphatic imine (C=N–C) groups is 1. The van der Waals surface area contributed by atoms with Crippen LogP contribution in [0.4, 0.5) is 0 Å². The van der Waals surface area contributed by atoms with Crippen LogP contribution in [0.25, 0.3) is 6.08 Å². The molecule has 1 N–H and O–H groups in total. The summed E-state index contributed by atoms with van der Waals surface area (Å²) in [5.74, 6) is 1.50. The minimum Gasteiger partial charge on any atom is -0.490 e. The van der Waals surface area contributed by atoms with Gasteiger partial charge in [0.25, 0.3) is 5.91 Å². The van der Waals surface area contributed by atoms with Gasteiger partial charge in [-0.1, -0.05) is 37.1 Å². The van der Waals surface area contributed by atoms with Crippen LogP contribution in [0.2, 0.25) is 0 Å². The Morgan fingerprint density at radius 1 is 1.03 bits per heavy atom. The zero-order chi connectivity index (χ0) is 25.5. The van der Waals surface area contributed by atoms with Crippen molar-refractivity contribution in [2.75, 3.05) is 19.8 Å². The molecule has 0 radical (unpaired) electrons. The molecule has 0 aromatic heterocycles. The molecule has 2 aromatic rings. The van der Waals surface area contributed by atoms with Crippen LogP contribution in [0, 0.1) is 12.3 Å². The first-order valence-corrected chi connectivity index (χ1v) is 12.9. The van der Waals surface area contributed by atoms with Crippen molar-refractivity contribution in [1.82, 2.24) is 5.01 Å². The fourth-order valence-corrected chi connectivity index (χ4v) is 4.50. The number of benzene rings is 2. The number of thioether (sulfide) groups is 1. The summed E-state index contributed by atoms with van der Waals surface area (Å²) in [6.45, 7) is 7.23. The maximum atomic E-state index is 12.7. The van der Waals surface area contributed by atoms with E-state index in [4.69, 9.17) is 19.6 Å². The maximum absolute atomic E-state index is 12.7. The lowest BCUT2D eigenvalue weighted by atomic mass is 10.1. The topological polar surface area (TPSA) is 96.6 Å². The Kier molecular flexibility index (Phi) is 8.43. The number of amidine groups is 2. The standard InChI is InChI=1S/C27H30N4O4S/c1-4-6-7-24-30-31-25(28)21(26(32)29-27(31)36-24)16-19-10-13-22(23(17-19)33-5-2)35-15-14-34-20-11-8-18(3)9-12-20/h8-13,16-17,28H,4-7,14-15H2,1-3H3/b21-16-,28-25?. The van der Waals surface area contributed by atoms with E-state index in [9.17, 15) is 4.79 Å². The van der Waals surface area contributed by atoms with E-state index < -0.39 is 5.91 Å². The summed E-state index contributed by atoms with van der Waals surface area (Å²) >= 11 is 1.36. The molecule has 8 nitrogen and oxygen atoms in total. The highest BCUT2D eigenvalue weighted by Gasteiger charge is 2.35. The number of hydrogen-bond acceptors (Lipinski definition) is 7. The number of carbonyl (C=O) groups is 1. The van der Waals surface area contributed by atoms with Crippen molar-refractivity contribution in [2.24, 2.45) is 10.1 Å². The molecule has 2 aromatic carbocycles. The van der Waals surface area contributed by atoms with Gasteiger partial charge in [-0.05, 0) is 74.4 Å². The van der Waals surface area contributed by atoms with E-state index in [0.717, 1.165) is 30.1 Å². The number of hydrazone groups is 1. The Hall–Kier alpha value is -3.59. The fourth-order valence-electron chi connectivity index (χ4n) is 3.58. The van der Waals surface area contributed by atoms with E-state index in [1.165, 1.54) is 22.3 Å². The minimum absolute atomic E-state index is 0.0236. The zero-order valence-electron chi connectivity index (χ0n) is 20.7. The van der Waals surface area contributed by atoms with E-state index in [2.05, 4.69) is 17.0 Å². The van der Waals surface area contributed by atoms with Gasteiger partial charge < -0.3 is 14.2 Å². The largest absolute Gasteiger partial charge is 0.490 e. The Bertz CT molecular complexity index is 1220. The van der Waals surface area contributed by atoms with E-state index in [0.29, 0.717) is 42.1 Å². The molecule has 4 rings (SSSR count). The summed E-state index contributed by atoms with van der Waals surface area (Å²) in [5, 5.41) is 15.8. The Balaban J connectivity index is 1.44. The highest BCUT2D eigenvalue weighted by molar-refractivity contribution is 8.26. The third-order valence-corrected chi connectivity index (χ3v) is 6.42. The number of aryl methyl sites for hydroxylation is 1. The second kappa shape index (κ2) is 11.9. The average molecular weight is 507 g/mol. The molecule has 0 spiro atoms. The molecule has 1 amide bonds. The molecule has 0 bridgehead atoms. The van der Waals surface area contributed by atoms with Crippen molar-refractivity contribution in [3.05, 3.63) is 59.2 Å². The molecule has 36 heavy (non-hydrogen) atoms. The maximum Gasteiger partial charge on any atom is 0.283 e. The Morgan fingerprint density at radius 3 is 2.56 bits per heavy atom. The molecule has 0 fully saturated rings. The third kappa shape index (κ3) is 6.15. The quantitative estimate of drug-likeness (QED) is 0.312. The van der Waals surface area contributed by atoms with Gasteiger partial charge in [0.1, 0.15) is 24.0 Å². The van der Waals surface area contributed by atoms with E-state index in [1.807, 2.05) is 44.2 Å². The molecule has 0 aliphatic carbocycles. The van der Waals surface area contributed by atoms with Crippen molar-refractivity contribution in [3.8, 4) is 17.2 Å². The lowest BCUT2D eigenvalue weighted by Crippen LogP contribution is -2.35. The van der Waals surface area contributed by atoms with E-state index in [-0.39, 0.29) is 11.4 Å². The highest BCUT2D eigenvalue weighted by Crippen LogP contribution is 2.32. The van der Waals surface area contributed by atoms with Crippen molar-refractivity contribution in [1.29, 1.82) is 5.41 Å². The number of hydrogen-bond donors (Lipinski definition) is 1. The number of rotatable bonds is 11.